The molecule has 23 heavy (non-hydrogen) atoms. The quantitative estimate of drug-likeness (QED) is 0.802. The maximum atomic E-state index is 13.0. The van der Waals surface area contributed by atoms with Gasteiger partial charge >= 0.3 is 6.18 Å². The second-order valence-corrected chi connectivity index (χ2v) is 5.61. The summed E-state index contributed by atoms with van der Waals surface area (Å²) in [5.41, 5.74) is 0.716. The minimum atomic E-state index is -4.37. The second kappa shape index (κ2) is 5.40. The number of benzene rings is 1. The van der Waals surface area contributed by atoms with Crippen molar-refractivity contribution in [2.45, 2.75) is 26.1 Å². The van der Waals surface area contributed by atoms with E-state index in [1.807, 2.05) is 4.90 Å². The van der Waals surface area contributed by atoms with Gasteiger partial charge in [0.25, 0.3) is 0 Å². The van der Waals surface area contributed by atoms with Crippen LogP contribution < -0.4 is 9.64 Å². The number of hydrogen-bond acceptors (Lipinski definition) is 4. The number of ether oxygens (including phenoxy) is 1. The lowest BCUT2D eigenvalue weighted by Crippen LogP contribution is -2.35. The van der Waals surface area contributed by atoms with Gasteiger partial charge in [-0.05, 0) is 37.1 Å². The molecule has 0 amide bonds. The average Bonchev–Trinajstić information content (AvgIpc) is 2.48. The Morgan fingerprint density at radius 3 is 2.70 bits per heavy atom. The van der Waals surface area contributed by atoms with Gasteiger partial charge in [0.2, 0.25) is 0 Å². The highest BCUT2D eigenvalue weighted by molar-refractivity contribution is 5.55. The van der Waals surface area contributed by atoms with Crippen LogP contribution in [0.25, 0.3) is 0 Å². The number of halogens is 3. The molecule has 2 heterocycles. The van der Waals surface area contributed by atoms with Crippen LogP contribution in [0.15, 0.2) is 24.4 Å². The van der Waals surface area contributed by atoms with Crippen molar-refractivity contribution < 1.29 is 17.9 Å². The Kier molecular flexibility index (Phi) is 3.66. The highest BCUT2D eigenvalue weighted by Gasteiger charge is 2.34. The van der Waals surface area contributed by atoms with Gasteiger partial charge in [-0.3, -0.25) is 0 Å². The number of anilines is 1. The van der Waals surface area contributed by atoms with Crippen molar-refractivity contribution in [3.8, 4) is 5.75 Å². The molecule has 122 valence electrons. The molecule has 0 aliphatic carbocycles. The zero-order valence-electron chi connectivity index (χ0n) is 13.0. The molecule has 1 unspecified atom stereocenters. The zero-order chi connectivity index (χ0) is 16.8. The highest BCUT2D eigenvalue weighted by Crippen LogP contribution is 2.39. The molecule has 1 aliphatic heterocycles. The normalized spacial score (nSPS) is 17.7. The number of alkyl halides is 3. The molecular formula is C16H16F3N3O. The minimum absolute atomic E-state index is 0.248. The molecular weight excluding hydrogens is 307 g/mol. The summed E-state index contributed by atoms with van der Waals surface area (Å²) in [6.45, 7) is 3.80. The van der Waals surface area contributed by atoms with Crippen molar-refractivity contribution in [3.05, 3.63) is 46.9 Å². The Morgan fingerprint density at radius 1 is 1.26 bits per heavy atom. The Morgan fingerprint density at radius 2 is 2.00 bits per heavy atom. The van der Waals surface area contributed by atoms with E-state index in [4.69, 9.17) is 4.74 Å². The van der Waals surface area contributed by atoms with E-state index < -0.39 is 11.7 Å². The number of fused-ring (bicyclic) bond motifs is 1. The zero-order valence-corrected chi connectivity index (χ0v) is 13.0. The predicted molar refractivity (Wildman–Crippen MR) is 79.6 cm³/mol. The Labute approximate surface area is 131 Å². The monoisotopic (exact) mass is 323 g/mol. The number of likely N-dealkylation sites (N-methyl/N-ethyl adjacent to an activating group) is 1. The molecule has 0 fully saturated rings. The van der Waals surface area contributed by atoms with Crippen molar-refractivity contribution in [3.63, 3.8) is 0 Å². The molecule has 0 saturated carbocycles. The molecule has 0 saturated heterocycles. The first kappa shape index (κ1) is 15.6. The summed E-state index contributed by atoms with van der Waals surface area (Å²) < 4.78 is 44.6. The van der Waals surface area contributed by atoms with E-state index in [1.54, 1.807) is 27.1 Å². The summed E-state index contributed by atoms with van der Waals surface area (Å²) in [6, 6.07) is 3.45. The largest absolute Gasteiger partial charge is 0.486 e. The Balaban J connectivity index is 2.03. The van der Waals surface area contributed by atoms with Gasteiger partial charge in [-0.25, -0.2) is 9.97 Å². The molecule has 0 N–H and O–H groups in total. The number of aromatic nitrogens is 2. The topological polar surface area (TPSA) is 38.2 Å². The molecule has 0 radical (unpaired) electrons. The first-order valence-corrected chi connectivity index (χ1v) is 7.14. The molecule has 1 atom stereocenters. The van der Waals surface area contributed by atoms with Gasteiger partial charge in [0.15, 0.2) is 11.6 Å². The number of nitrogens with zero attached hydrogens (tertiary/aromatic N) is 3. The minimum Gasteiger partial charge on any atom is -0.486 e. The van der Waals surface area contributed by atoms with Crippen LogP contribution in [0.3, 0.4) is 0 Å². The maximum Gasteiger partial charge on any atom is 0.416 e. The Hall–Kier alpha value is -2.31. The Bertz CT molecular complexity index is 746. The third-order valence-corrected chi connectivity index (χ3v) is 4.02. The highest BCUT2D eigenvalue weighted by atomic mass is 19.4. The fraction of sp³-hybridized carbons (Fsp3) is 0.375. The lowest BCUT2D eigenvalue weighted by atomic mass is 9.97. The number of aryl methyl sites for hydroxylation is 2. The van der Waals surface area contributed by atoms with E-state index in [0.29, 0.717) is 23.0 Å². The van der Waals surface area contributed by atoms with Crippen molar-refractivity contribution in [2.75, 3.05) is 18.6 Å². The fourth-order valence-corrected chi connectivity index (χ4v) is 2.70. The molecule has 3 rings (SSSR count). The predicted octanol–water partition coefficient (Wildman–Crippen LogP) is 3.68. The molecule has 0 spiro atoms. The maximum absolute atomic E-state index is 13.0. The van der Waals surface area contributed by atoms with E-state index in [9.17, 15) is 13.2 Å². The molecule has 2 aromatic rings. The lowest BCUT2D eigenvalue weighted by Gasteiger charge is -2.35. The molecule has 1 aromatic carbocycles. The second-order valence-electron chi connectivity index (χ2n) is 5.61. The first-order chi connectivity index (χ1) is 10.8. The van der Waals surface area contributed by atoms with Crippen LogP contribution in [0.1, 0.15) is 28.6 Å². The average molecular weight is 323 g/mol. The van der Waals surface area contributed by atoms with Gasteiger partial charge < -0.3 is 9.64 Å². The van der Waals surface area contributed by atoms with Gasteiger partial charge in [0.1, 0.15) is 12.4 Å². The summed E-state index contributed by atoms with van der Waals surface area (Å²) in [7, 11) is 1.80. The van der Waals surface area contributed by atoms with E-state index in [-0.39, 0.29) is 12.6 Å². The lowest BCUT2D eigenvalue weighted by molar-refractivity contribution is -0.137. The molecule has 1 aliphatic rings. The van der Waals surface area contributed by atoms with Crippen molar-refractivity contribution in [1.29, 1.82) is 0 Å². The van der Waals surface area contributed by atoms with Crippen LogP contribution in [0.5, 0.6) is 5.75 Å². The van der Waals surface area contributed by atoms with Gasteiger partial charge in [-0.15, -0.1) is 0 Å². The third-order valence-electron chi connectivity index (χ3n) is 4.02. The van der Waals surface area contributed by atoms with Gasteiger partial charge in [-0.1, -0.05) is 6.07 Å². The summed E-state index contributed by atoms with van der Waals surface area (Å²) in [5, 5.41) is 0. The van der Waals surface area contributed by atoms with Crippen LogP contribution in [0, 0.1) is 13.8 Å². The van der Waals surface area contributed by atoms with Crippen LogP contribution in [-0.2, 0) is 6.18 Å². The van der Waals surface area contributed by atoms with E-state index >= 15 is 0 Å². The van der Waals surface area contributed by atoms with E-state index in [2.05, 4.69) is 9.97 Å². The third kappa shape index (κ3) is 2.83. The summed E-state index contributed by atoms with van der Waals surface area (Å²) in [4.78, 5) is 10.3. The fourth-order valence-electron chi connectivity index (χ4n) is 2.70. The first-order valence-electron chi connectivity index (χ1n) is 7.14. The standard InChI is InChI=1S/C16H16F3N3O/c1-9-4-5-11(16(17,18)19)6-12(9)13-8-23-14-7-20-10(2)21-15(14)22(13)3/h4-7,13H,8H2,1-3H3. The van der Waals surface area contributed by atoms with Crippen LogP contribution in [0.4, 0.5) is 19.0 Å². The van der Waals surface area contributed by atoms with E-state index in [1.165, 1.54) is 12.1 Å². The smallest absolute Gasteiger partial charge is 0.416 e. The SMILES string of the molecule is Cc1ncc2c(n1)N(C)C(c1cc(C(F)(F)F)ccc1C)CO2. The van der Waals surface area contributed by atoms with Crippen LogP contribution in [0.2, 0.25) is 0 Å². The molecule has 7 heteroatoms. The van der Waals surface area contributed by atoms with Crippen molar-refractivity contribution >= 4 is 5.82 Å². The summed E-state index contributed by atoms with van der Waals surface area (Å²) in [6.07, 6.45) is -2.78. The number of rotatable bonds is 1. The van der Waals surface area contributed by atoms with Gasteiger partial charge in [0, 0.05) is 7.05 Å². The number of hydrogen-bond donors (Lipinski definition) is 0. The molecule has 4 nitrogen and oxygen atoms in total. The molecule has 1 aromatic heterocycles. The van der Waals surface area contributed by atoms with Crippen molar-refractivity contribution in [1.82, 2.24) is 9.97 Å². The van der Waals surface area contributed by atoms with E-state index in [0.717, 1.165) is 11.6 Å². The van der Waals surface area contributed by atoms with Crippen molar-refractivity contribution in [2.24, 2.45) is 0 Å². The van der Waals surface area contributed by atoms with Gasteiger partial charge in [-0.2, -0.15) is 13.2 Å². The van der Waals surface area contributed by atoms with Gasteiger partial charge in [0.05, 0.1) is 17.8 Å². The van der Waals surface area contributed by atoms with Crippen LogP contribution >= 0.6 is 0 Å². The molecule has 0 bridgehead atoms. The summed E-state index contributed by atoms with van der Waals surface area (Å²) >= 11 is 0. The van der Waals surface area contributed by atoms with Crippen LogP contribution in [-0.4, -0.2) is 23.6 Å². The summed E-state index contributed by atoms with van der Waals surface area (Å²) in [5.74, 6) is 1.71.